The quantitative estimate of drug-likeness (QED) is 0.434. The minimum atomic E-state index is -4.44. The number of amides is 1. The average molecular weight is 554 g/mol. The van der Waals surface area contributed by atoms with Gasteiger partial charge < -0.3 is 15.0 Å². The van der Waals surface area contributed by atoms with Crippen LogP contribution in [0.2, 0.25) is 0 Å². The van der Waals surface area contributed by atoms with Crippen LogP contribution < -0.4 is 11.0 Å². The first-order valence-corrected chi connectivity index (χ1v) is 12.7. The smallest absolute Gasteiger partial charge is 0.425 e. The Hall–Kier alpha value is -3.48. The number of nitrogens with one attached hydrogen (secondary N) is 1. The van der Waals surface area contributed by atoms with Crippen molar-refractivity contribution in [1.29, 1.82) is 0 Å². The number of likely N-dealkylation sites (tertiary alicyclic amines) is 1. The third-order valence-electron chi connectivity index (χ3n) is 5.95. The zero-order valence-corrected chi connectivity index (χ0v) is 21.8. The molecule has 1 fully saturated rings. The van der Waals surface area contributed by atoms with Crippen molar-refractivity contribution >= 4 is 23.4 Å². The van der Waals surface area contributed by atoms with E-state index in [1.54, 1.807) is 37.8 Å². The van der Waals surface area contributed by atoms with Crippen molar-refractivity contribution in [2.45, 2.75) is 45.0 Å². The number of hydrogen-bond acceptors (Lipinski definition) is 7. The maximum absolute atomic E-state index is 13.5. The molecule has 204 valence electrons. The molecule has 1 aromatic carbocycles. The first-order valence-electron chi connectivity index (χ1n) is 11.8. The van der Waals surface area contributed by atoms with Gasteiger partial charge in [0.15, 0.2) is 0 Å². The van der Waals surface area contributed by atoms with Crippen LogP contribution in [0, 0.1) is 11.7 Å². The minimum absolute atomic E-state index is 0.0574. The summed E-state index contributed by atoms with van der Waals surface area (Å²) < 4.78 is 58.7. The maximum Gasteiger partial charge on any atom is 0.425 e. The lowest BCUT2D eigenvalue weighted by molar-refractivity contribution is -0.134. The van der Waals surface area contributed by atoms with E-state index in [1.165, 1.54) is 24.5 Å². The summed E-state index contributed by atoms with van der Waals surface area (Å²) in [5.74, 6) is -0.554. The Morgan fingerprint density at radius 1 is 1.13 bits per heavy atom. The SMILES string of the molecule is CC(C)(C)OC(=O)N1C[C@@H](CNc2ncn(Cc3ccc(C(F)(F)F)s3)c(=O)n2)[C@H](c2ccc(F)cc2)C1. The van der Waals surface area contributed by atoms with Gasteiger partial charge in [0.25, 0.3) is 0 Å². The molecule has 0 bridgehead atoms. The average Bonchev–Trinajstić information content (AvgIpc) is 3.46. The van der Waals surface area contributed by atoms with Gasteiger partial charge in [-0.25, -0.2) is 19.0 Å². The van der Waals surface area contributed by atoms with Gasteiger partial charge in [0.05, 0.1) is 6.54 Å². The second-order valence-electron chi connectivity index (χ2n) is 10.0. The Kier molecular flexibility index (Phi) is 7.77. The Bertz CT molecular complexity index is 1330. The maximum atomic E-state index is 13.5. The number of aromatic nitrogens is 3. The number of hydrogen-bond donors (Lipinski definition) is 1. The number of halogens is 4. The lowest BCUT2D eigenvalue weighted by Crippen LogP contribution is -2.35. The molecule has 4 rings (SSSR count). The van der Waals surface area contributed by atoms with E-state index in [0.717, 1.165) is 16.2 Å². The molecule has 13 heteroatoms. The molecule has 0 spiro atoms. The summed E-state index contributed by atoms with van der Waals surface area (Å²) >= 11 is 0.558. The highest BCUT2D eigenvalue weighted by Crippen LogP contribution is 2.35. The van der Waals surface area contributed by atoms with Crippen LogP contribution in [-0.4, -0.2) is 50.8 Å². The van der Waals surface area contributed by atoms with Crippen LogP contribution >= 0.6 is 11.3 Å². The van der Waals surface area contributed by atoms with Crippen LogP contribution in [0.1, 0.15) is 42.0 Å². The molecule has 1 amide bonds. The molecule has 8 nitrogen and oxygen atoms in total. The summed E-state index contributed by atoms with van der Waals surface area (Å²) in [7, 11) is 0. The largest absolute Gasteiger partial charge is 0.444 e. The van der Waals surface area contributed by atoms with Gasteiger partial charge >= 0.3 is 18.0 Å². The van der Waals surface area contributed by atoms with Crippen molar-refractivity contribution in [1.82, 2.24) is 19.4 Å². The van der Waals surface area contributed by atoms with Crippen LogP contribution in [0.25, 0.3) is 0 Å². The second kappa shape index (κ2) is 10.7. The van der Waals surface area contributed by atoms with Crippen molar-refractivity contribution in [2.24, 2.45) is 5.92 Å². The zero-order chi connectivity index (χ0) is 27.7. The van der Waals surface area contributed by atoms with Crippen LogP contribution in [-0.2, 0) is 17.5 Å². The monoisotopic (exact) mass is 553 g/mol. The van der Waals surface area contributed by atoms with Crippen molar-refractivity contribution in [3.8, 4) is 0 Å². The summed E-state index contributed by atoms with van der Waals surface area (Å²) in [5.41, 5.74) is -0.468. The number of benzene rings is 1. The molecule has 3 aromatic rings. The fourth-order valence-corrected chi connectivity index (χ4v) is 5.07. The third-order valence-corrected chi connectivity index (χ3v) is 7.06. The summed E-state index contributed by atoms with van der Waals surface area (Å²) in [6.45, 7) is 6.31. The molecule has 0 aliphatic carbocycles. The predicted molar refractivity (Wildman–Crippen MR) is 134 cm³/mol. The summed E-state index contributed by atoms with van der Waals surface area (Å²) in [6.07, 6.45) is -3.67. The van der Waals surface area contributed by atoms with Crippen LogP contribution in [0.5, 0.6) is 0 Å². The van der Waals surface area contributed by atoms with Gasteiger partial charge in [-0.05, 0) is 50.6 Å². The Balaban J connectivity index is 1.45. The molecule has 0 unspecified atom stereocenters. The molecule has 3 heterocycles. The van der Waals surface area contributed by atoms with Gasteiger partial charge in [-0.3, -0.25) is 4.57 Å². The van der Waals surface area contributed by atoms with Gasteiger partial charge in [-0.15, -0.1) is 11.3 Å². The third kappa shape index (κ3) is 6.88. The molecule has 1 saturated heterocycles. The Morgan fingerprint density at radius 3 is 2.45 bits per heavy atom. The van der Waals surface area contributed by atoms with Crippen molar-refractivity contribution in [3.63, 3.8) is 0 Å². The molecule has 38 heavy (non-hydrogen) atoms. The Labute approximate surface area is 220 Å². The molecule has 2 aromatic heterocycles. The number of rotatable bonds is 6. The number of carbonyl (C=O) groups is 1. The minimum Gasteiger partial charge on any atom is -0.444 e. The molecular formula is C25H27F4N5O3S. The number of thiophene rings is 1. The first kappa shape index (κ1) is 27.6. The van der Waals surface area contributed by atoms with Crippen LogP contribution in [0.3, 0.4) is 0 Å². The van der Waals surface area contributed by atoms with E-state index in [1.807, 2.05) is 0 Å². The molecule has 0 radical (unpaired) electrons. The first-order chi connectivity index (χ1) is 17.8. The summed E-state index contributed by atoms with van der Waals surface area (Å²) in [4.78, 5) is 34.4. The van der Waals surface area contributed by atoms with Crippen molar-refractivity contribution in [2.75, 3.05) is 25.0 Å². The van der Waals surface area contributed by atoms with Gasteiger partial charge in [-0.1, -0.05) is 12.1 Å². The normalized spacial score (nSPS) is 18.0. The van der Waals surface area contributed by atoms with E-state index in [4.69, 9.17) is 4.74 Å². The Morgan fingerprint density at radius 2 is 1.84 bits per heavy atom. The summed E-state index contributed by atoms with van der Waals surface area (Å²) in [6, 6.07) is 8.38. The zero-order valence-electron chi connectivity index (χ0n) is 21.0. The highest BCUT2D eigenvalue weighted by molar-refractivity contribution is 7.12. The van der Waals surface area contributed by atoms with E-state index in [0.29, 0.717) is 35.8 Å². The number of nitrogens with zero attached hydrogens (tertiary/aromatic N) is 4. The number of alkyl halides is 3. The molecule has 1 aliphatic rings. The molecule has 1 aliphatic heterocycles. The van der Waals surface area contributed by atoms with E-state index >= 15 is 0 Å². The summed E-state index contributed by atoms with van der Waals surface area (Å²) in [5, 5.41) is 3.03. The van der Waals surface area contributed by atoms with Crippen LogP contribution in [0.4, 0.5) is 28.3 Å². The van der Waals surface area contributed by atoms with Gasteiger partial charge in [0.1, 0.15) is 22.6 Å². The van der Waals surface area contributed by atoms with Crippen molar-refractivity contribution in [3.05, 3.63) is 74.3 Å². The fraction of sp³-hybridized carbons (Fsp3) is 0.440. The number of ether oxygens (including phenoxy) is 1. The van der Waals surface area contributed by atoms with E-state index in [9.17, 15) is 27.2 Å². The number of carbonyl (C=O) groups excluding carboxylic acids is 1. The predicted octanol–water partition coefficient (Wildman–Crippen LogP) is 4.97. The molecular weight excluding hydrogens is 526 g/mol. The lowest BCUT2D eigenvalue weighted by atomic mass is 9.89. The van der Waals surface area contributed by atoms with E-state index in [2.05, 4.69) is 15.3 Å². The van der Waals surface area contributed by atoms with Gasteiger partial charge in [0.2, 0.25) is 5.95 Å². The standard InChI is InChI=1S/C25H27F4N5O3S/c1-24(2,3)37-23(36)33-11-16(19(13-33)15-4-6-17(26)7-5-15)10-30-21-31-14-34(22(35)32-21)12-18-8-9-20(38-18)25(27,28)29/h4-9,14,16,19H,10-13H2,1-3H3,(H,30,32,35)/t16-,19+/m1/s1. The van der Waals surface area contributed by atoms with E-state index in [-0.39, 0.29) is 30.1 Å². The van der Waals surface area contributed by atoms with Crippen molar-refractivity contribution < 1.29 is 27.1 Å². The topological polar surface area (TPSA) is 89.4 Å². The van der Waals surface area contributed by atoms with E-state index < -0.39 is 28.4 Å². The molecule has 1 N–H and O–H groups in total. The highest BCUT2D eigenvalue weighted by Gasteiger charge is 2.38. The lowest BCUT2D eigenvalue weighted by Gasteiger charge is -2.24. The molecule has 0 saturated carbocycles. The molecule has 2 atom stereocenters. The second-order valence-corrected chi connectivity index (χ2v) is 11.2. The van der Waals surface area contributed by atoms with Crippen LogP contribution in [0.15, 0.2) is 47.5 Å². The fourth-order valence-electron chi connectivity index (χ4n) is 4.20. The van der Waals surface area contributed by atoms with Gasteiger partial charge in [0, 0.05) is 36.3 Å². The van der Waals surface area contributed by atoms with Gasteiger partial charge in [-0.2, -0.15) is 18.2 Å². The highest BCUT2D eigenvalue weighted by atomic mass is 32.1. The number of anilines is 1.